The van der Waals surface area contributed by atoms with E-state index in [0.717, 1.165) is 35.1 Å². The monoisotopic (exact) mass is 352 g/mol. The van der Waals surface area contributed by atoms with Crippen LogP contribution in [0.2, 0.25) is 0 Å². The van der Waals surface area contributed by atoms with E-state index in [1.54, 1.807) is 6.07 Å². The first-order valence-corrected chi connectivity index (χ1v) is 7.66. The topological polar surface area (TPSA) is 72.2 Å². The lowest BCUT2D eigenvalue weighted by Gasteiger charge is -2.11. The Labute approximate surface area is 109 Å². The van der Waals surface area contributed by atoms with Crippen LogP contribution in [0.15, 0.2) is 17.0 Å². The first kappa shape index (κ1) is 12.3. The summed E-state index contributed by atoms with van der Waals surface area (Å²) in [6, 6.07) is 3.49. The highest BCUT2D eigenvalue weighted by molar-refractivity contribution is 14.1. The minimum Gasteiger partial charge on any atom is -0.313 e. The Morgan fingerprint density at radius 1 is 1.38 bits per heavy atom. The molecule has 0 radical (unpaired) electrons. The highest BCUT2D eigenvalue weighted by atomic mass is 127. The van der Waals surface area contributed by atoms with Crippen molar-refractivity contribution < 1.29 is 8.42 Å². The van der Waals surface area contributed by atoms with Crippen LogP contribution in [0.25, 0.3) is 0 Å². The van der Waals surface area contributed by atoms with Crippen molar-refractivity contribution in [2.45, 2.75) is 24.3 Å². The minimum absolute atomic E-state index is 0.232. The van der Waals surface area contributed by atoms with Crippen LogP contribution in [0.1, 0.15) is 17.5 Å². The van der Waals surface area contributed by atoms with Crippen molar-refractivity contribution in [3.05, 3.63) is 26.8 Å². The van der Waals surface area contributed by atoms with Crippen LogP contribution in [-0.2, 0) is 23.0 Å². The van der Waals surface area contributed by atoms with Crippen LogP contribution in [0.3, 0.4) is 0 Å². The second-order valence-electron chi connectivity index (χ2n) is 3.84. The van der Waals surface area contributed by atoms with Gasteiger partial charge in [0.25, 0.3) is 0 Å². The molecule has 1 aliphatic heterocycles. The van der Waals surface area contributed by atoms with E-state index in [0.29, 0.717) is 0 Å². The van der Waals surface area contributed by atoms with Crippen molar-refractivity contribution in [2.24, 2.45) is 5.14 Å². The highest BCUT2D eigenvalue weighted by Gasteiger charge is 2.18. The molecular formula is C10H13IN2O2S. The predicted octanol–water partition coefficient (Wildman–Crippen LogP) is 0.974. The van der Waals surface area contributed by atoms with Gasteiger partial charge in [0.05, 0.1) is 4.90 Å². The molecule has 0 spiro atoms. The maximum atomic E-state index is 11.4. The van der Waals surface area contributed by atoms with Crippen molar-refractivity contribution in [2.75, 3.05) is 6.54 Å². The Hall–Kier alpha value is -0.180. The van der Waals surface area contributed by atoms with Crippen LogP contribution in [0, 0.1) is 3.57 Å². The summed E-state index contributed by atoms with van der Waals surface area (Å²) >= 11 is 2.07. The molecule has 2 rings (SSSR count). The molecule has 0 saturated carbocycles. The van der Waals surface area contributed by atoms with Crippen LogP contribution >= 0.6 is 22.6 Å². The molecule has 0 aliphatic carbocycles. The average Bonchev–Trinajstić information content (AvgIpc) is 2.41. The van der Waals surface area contributed by atoms with Gasteiger partial charge in [0, 0.05) is 10.1 Å². The molecular weight excluding hydrogens is 339 g/mol. The number of halogens is 1. The van der Waals surface area contributed by atoms with E-state index in [9.17, 15) is 8.42 Å². The fourth-order valence-electron chi connectivity index (χ4n) is 1.90. The molecule has 3 N–H and O–H groups in total. The molecule has 1 aromatic rings. The van der Waals surface area contributed by atoms with Crippen LogP contribution in [-0.4, -0.2) is 15.0 Å². The molecule has 0 unspecified atom stereocenters. The van der Waals surface area contributed by atoms with Gasteiger partial charge >= 0.3 is 0 Å². The molecule has 1 aromatic carbocycles. The third-order valence-electron chi connectivity index (χ3n) is 2.71. The van der Waals surface area contributed by atoms with Gasteiger partial charge in [-0.15, -0.1) is 0 Å². The number of sulfonamides is 1. The van der Waals surface area contributed by atoms with E-state index in [1.807, 2.05) is 6.07 Å². The van der Waals surface area contributed by atoms with E-state index >= 15 is 0 Å². The summed E-state index contributed by atoms with van der Waals surface area (Å²) < 4.78 is 23.5. The first-order valence-electron chi connectivity index (χ1n) is 5.04. The summed E-state index contributed by atoms with van der Waals surface area (Å²) in [6.07, 6.45) is 2.07. The largest absolute Gasteiger partial charge is 0.313 e. The number of hydrogen-bond donors (Lipinski definition) is 2. The van der Waals surface area contributed by atoms with E-state index in [-0.39, 0.29) is 4.90 Å². The first-order chi connectivity index (χ1) is 7.50. The molecule has 16 heavy (non-hydrogen) atoms. The van der Waals surface area contributed by atoms with E-state index < -0.39 is 10.0 Å². The van der Waals surface area contributed by atoms with Crippen molar-refractivity contribution in [3.8, 4) is 0 Å². The Kier molecular flexibility index (Phi) is 3.53. The van der Waals surface area contributed by atoms with Gasteiger partial charge in [0.15, 0.2) is 0 Å². The van der Waals surface area contributed by atoms with Gasteiger partial charge < -0.3 is 5.32 Å². The number of rotatable bonds is 1. The van der Waals surface area contributed by atoms with Gasteiger partial charge in [-0.3, -0.25) is 0 Å². The summed E-state index contributed by atoms with van der Waals surface area (Å²) in [5.74, 6) is 0. The zero-order chi connectivity index (χ0) is 11.8. The van der Waals surface area contributed by atoms with Crippen LogP contribution in [0.4, 0.5) is 0 Å². The number of primary sulfonamides is 1. The van der Waals surface area contributed by atoms with Gasteiger partial charge in [-0.2, -0.15) is 0 Å². The smallest absolute Gasteiger partial charge is 0.239 e. The SMILES string of the molecule is NS(=O)(=O)c1ccc2c(c1I)CNCCC2. The molecule has 0 saturated heterocycles. The molecule has 0 bridgehead atoms. The van der Waals surface area contributed by atoms with Gasteiger partial charge in [-0.25, -0.2) is 13.6 Å². The Morgan fingerprint density at radius 2 is 2.12 bits per heavy atom. The molecule has 6 heteroatoms. The third kappa shape index (κ3) is 2.39. The number of nitrogens with two attached hydrogens (primary N) is 1. The molecule has 0 atom stereocenters. The quantitative estimate of drug-likeness (QED) is 0.740. The van der Waals surface area contributed by atoms with Crippen molar-refractivity contribution in [1.29, 1.82) is 0 Å². The van der Waals surface area contributed by atoms with Crippen molar-refractivity contribution in [1.82, 2.24) is 5.32 Å². The van der Waals surface area contributed by atoms with Crippen LogP contribution < -0.4 is 10.5 Å². The second kappa shape index (κ2) is 4.59. The summed E-state index contributed by atoms with van der Waals surface area (Å²) in [7, 11) is -3.61. The van der Waals surface area contributed by atoms with Crippen molar-refractivity contribution >= 4 is 32.6 Å². The fraction of sp³-hybridized carbons (Fsp3) is 0.400. The van der Waals surface area contributed by atoms with E-state index in [4.69, 9.17) is 5.14 Å². The van der Waals surface area contributed by atoms with Crippen LogP contribution in [0.5, 0.6) is 0 Å². The Balaban J connectivity index is 2.59. The molecule has 0 aromatic heterocycles. The lowest BCUT2D eigenvalue weighted by Crippen LogP contribution is -2.17. The molecule has 0 amide bonds. The number of aryl methyl sites for hydroxylation is 1. The molecule has 1 aliphatic rings. The molecule has 1 heterocycles. The second-order valence-corrected chi connectivity index (χ2v) is 6.45. The third-order valence-corrected chi connectivity index (χ3v) is 5.26. The number of benzene rings is 1. The van der Waals surface area contributed by atoms with E-state index in [1.165, 1.54) is 5.56 Å². The highest BCUT2D eigenvalue weighted by Crippen LogP contribution is 2.26. The maximum absolute atomic E-state index is 11.4. The minimum atomic E-state index is -3.61. The number of fused-ring (bicyclic) bond motifs is 1. The van der Waals surface area contributed by atoms with Crippen molar-refractivity contribution in [3.63, 3.8) is 0 Å². The summed E-state index contributed by atoms with van der Waals surface area (Å²) in [6.45, 7) is 1.69. The lowest BCUT2D eigenvalue weighted by atomic mass is 10.0. The standard InChI is InChI=1S/C10H13IN2O2S/c11-10-8-6-13-5-1-2-7(8)3-4-9(10)16(12,14)15/h3-4,13H,1-2,5-6H2,(H2,12,14,15). The summed E-state index contributed by atoms with van der Waals surface area (Å²) in [4.78, 5) is 0.232. The number of hydrogen-bond acceptors (Lipinski definition) is 3. The van der Waals surface area contributed by atoms with E-state index in [2.05, 4.69) is 27.9 Å². The van der Waals surface area contributed by atoms with Gasteiger partial charge in [0.2, 0.25) is 10.0 Å². The average molecular weight is 352 g/mol. The van der Waals surface area contributed by atoms with Gasteiger partial charge in [-0.05, 0) is 59.2 Å². The predicted molar refractivity (Wildman–Crippen MR) is 70.6 cm³/mol. The maximum Gasteiger partial charge on any atom is 0.239 e. The fourth-order valence-corrected chi connectivity index (χ4v) is 4.17. The Morgan fingerprint density at radius 3 is 2.81 bits per heavy atom. The molecule has 88 valence electrons. The summed E-state index contributed by atoms with van der Waals surface area (Å²) in [5.41, 5.74) is 2.30. The lowest BCUT2D eigenvalue weighted by molar-refractivity contribution is 0.597. The molecule has 4 nitrogen and oxygen atoms in total. The van der Waals surface area contributed by atoms with Gasteiger partial charge in [0.1, 0.15) is 0 Å². The zero-order valence-electron chi connectivity index (χ0n) is 8.66. The molecule has 0 fully saturated rings. The summed E-state index contributed by atoms with van der Waals surface area (Å²) in [5, 5.41) is 8.46. The normalized spacial score (nSPS) is 16.6. The zero-order valence-corrected chi connectivity index (χ0v) is 11.6. The Bertz CT molecular complexity index is 514. The number of nitrogens with one attached hydrogen (secondary N) is 1. The van der Waals surface area contributed by atoms with Gasteiger partial charge in [-0.1, -0.05) is 6.07 Å².